The molecular weight excluding hydrogens is 267 g/mol. The molecule has 0 aliphatic carbocycles. The number of hydrogen-bond acceptors (Lipinski definition) is 2. The fraction of sp³-hybridized carbons (Fsp3) is 0.357. The van der Waals surface area contributed by atoms with Gasteiger partial charge in [-0.2, -0.15) is 0 Å². The summed E-state index contributed by atoms with van der Waals surface area (Å²) in [4.78, 5) is 7.06. The summed E-state index contributed by atoms with van der Waals surface area (Å²) in [5, 5.41) is 1.83. The number of aromatic nitrogens is 1. The van der Waals surface area contributed by atoms with Crippen LogP contribution in [0.2, 0.25) is 5.02 Å². The highest BCUT2D eigenvalue weighted by molar-refractivity contribution is 6.31. The second-order valence-corrected chi connectivity index (χ2v) is 5.50. The van der Waals surface area contributed by atoms with Crippen LogP contribution in [0.1, 0.15) is 16.8 Å². The maximum absolute atomic E-state index is 6.15. The van der Waals surface area contributed by atoms with E-state index in [9.17, 15) is 0 Å². The van der Waals surface area contributed by atoms with Gasteiger partial charge in [0.05, 0.1) is 5.52 Å². The molecule has 2 nitrogen and oxygen atoms in total. The van der Waals surface area contributed by atoms with Crippen LogP contribution in [0.5, 0.6) is 0 Å². The lowest BCUT2D eigenvalue weighted by Gasteiger charge is -2.26. The number of halogens is 2. The van der Waals surface area contributed by atoms with E-state index < -0.39 is 0 Å². The molecular formula is C14H14Cl2N2. The van der Waals surface area contributed by atoms with Gasteiger partial charge >= 0.3 is 0 Å². The molecule has 0 radical (unpaired) electrons. The quantitative estimate of drug-likeness (QED) is 0.742. The molecule has 18 heavy (non-hydrogen) atoms. The Morgan fingerprint density at radius 3 is 3.00 bits per heavy atom. The van der Waals surface area contributed by atoms with Crippen LogP contribution in [0.3, 0.4) is 0 Å². The minimum Gasteiger partial charge on any atom is -0.302 e. The van der Waals surface area contributed by atoms with Gasteiger partial charge in [-0.3, -0.25) is 4.98 Å². The first-order chi connectivity index (χ1) is 8.69. The Bertz CT molecular complexity index is 610. The second-order valence-electron chi connectivity index (χ2n) is 4.80. The zero-order valence-corrected chi connectivity index (χ0v) is 11.7. The number of likely N-dealkylation sites (N-methyl/N-ethyl adjacent to an activating group) is 1. The molecule has 0 spiro atoms. The number of rotatable bonds is 1. The second kappa shape index (κ2) is 4.69. The molecule has 1 aromatic carbocycles. The topological polar surface area (TPSA) is 16.1 Å². The van der Waals surface area contributed by atoms with E-state index in [1.54, 1.807) is 0 Å². The molecule has 0 atom stereocenters. The molecule has 0 bridgehead atoms. The van der Waals surface area contributed by atoms with Crippen LogP contribution < -0.4 is 0 Å². The van der Waals surface area contributed by atoms with Gasteiger partial charge < -0.3 is 4.90 Å². The highest BCUT2D eigenvalue weighted by atomic mass is 35.5. The highest BCUT2D eigenvalue weighted by Gasteiger charge is 2.20. The third kappa shape index (κ3) is 1.99. The predicted molar refractivity (Wildman–Crippen MR) is 76.3 cm³/mol. The molecule has 2 heterocycles. The monoisotopic (exact) mass is 280 g/mol. The van der Waals surface area contributed by atoms with E-state index in [4.69, 9.17) is 28.2 Å². The number of pyridine rings is 1. The van der Waals surface area contributed by atoms with E-state index in [-0.39, 0.29) is 0 Å². The number of benzene rings is 1. The van der Waals surface area contributed by atoms with Crippen LogP contribution in [-0.4, -0.2) is 23.5 Å². The van der Waals surface area contributed by atoms with Gasteiger partial charge in [0.25, 0.3) is 0 Å². The fourth-order valence-electron chi connectivity index (χ4n) is 2.59. The molecule has 2 aromatic rings. The molecule has 0 amide bonds. The van der Waals surface area contributed by atoms with Crippen LogP contribution >= 0.6 is 23.2 Å². The predicted octanol–water partition coefficient (Wildman–Crippen LogP) is 3.61. The minimum atomic E-state index is 0.509. The van der Waals surface area contributed by atoms with E-state index >= 15 is 0 Å². The number of alkyl halides is 1. The van der Waals surface area contributed by atoms with Crippen LogP contribution in [-0.2, 0) is 18.8 Å². The van der Waals surface area contributed by atoms with E-state index in [1.807, 2.05) is 18.2 Å². The summed E-state index contributed by atoms with van der Waals surface area (Å²) in [5.74, 6) is 0.509. The van der Waals surface area contributed by atoms with Crippen molar-refractivity contribution in [3.05, 3.63) is 40.0 Å². The van der Waals surface area contributed by atoms with Crippen LogP contribution in [0.4, 0.5) is 0 Å². The van der Waals surface area contributed by atoms with Crippen molar-refractivity contribution < 1.29 is 0 Å². The third-order valence-corrected chi connectivity index (χ3v) is 4.05. The standard InChI is InChI=1S/C14H14Cl2N2/c1-18-5-4-14-12(8-18)11(7-15)10-6-9(16)2-3-13(10)17-14/h2-3,6H,4-5,7-8H2,1H3. The molecule has 3 rings (SSSR count). The lowest BCUT2D eigenvalue weighted by atomic mass is 9.97. The van der Waals surface area contributed by atoms with Gasteiger partial charge in [-0.05, 0) is 36.4 Å². The lowest BCUT2D eigenvalue weighted by molar-refractivity contribution is 0.309. The summed E-state index contributed by atoms with van der Waals surface area (Å²) in [6, 6.07) is 5.83. The summed E-state index contributed by atoms with van der Waals surface area (Å²) in [7, 11) is 2.13. The molecule has 1 aliphatic rings. The fourth-order valence-corrected chi connectivity index (χ4v) is 3.07. The van der Waals surface area contributed by atoms with Gasteiger partial charge in [0.1, 0.15) is 0 Å². The van der Waals surface area contributed by atoms with Crippen molar-refractivity contribution in [2.45, 2.75) is 18.8 Å². The number of hydrogen-bond donors (Lipinski definition) is 0. The van der Waals surface area contributed by atoms with Crippen molar-refractivity contribution in [1.29, 1.82) is 0 Å². The summed E-state index contributed by atoms with van der Waals surface area (Å²) < 4.78 is 0. The maximum Gasteiger partial charge on any atom is 0.0709 e. The molecule has 0 fully saturated rings. The largest absolute Gasteiger partial charge is 0.302 e. The Morgan fingerprint density at radius 2 is 2.22 bits per heavy atom. The summed E-state index contributed by atoms with van der Waals surface area (Å²) >= 11 is 12.2. The first kappa shape index (κ1) is 12.2. The SMILES string of the molecule is CN1CCc2nc3ccc(Cl)cc3c(CCl)c2C1. The van der Waals surface area contributed by atoms with E-state index in [2.05, 4.69) is 11.9 Å². The first-order valence-corrected chi connectivity index (χ1v) is 6.94. The Balaban J connectivity index is 2.31. The van der Waals surface area contributed by atoms with Crippen LogP contribution in [0.25, 0.3) is 10.9 Å². The average Bonchev–Trinajstić information content (AvgIpc) is 2.36. The summed E-state index contributed by atoms with van der Waals surface area (Å²) in [5.41, 5.74) is 4.66. The lowest BCUT2D eigenvalue weighted by Crippen LogP contribution is -2.28. The zero-order chi connectivity index (χ0) is 12.7. The average molecular weight is 281 g/mol. The molecule has 0 N–H and O–H groups in total. The molecule has 0 saturated heterocycles. The summed E-state index contributed by atoms with van der Waals surface area (Å²) in [6.45, 7) is 1.98. The Hall–Kier alpha value is -0.830. The number of nitrogens with zero attached hydrogens (tertiary/aromatic N) is 2. The van der Waals surface area contributed by atoms with Gasteiger partial charge in [-0.25, -0.2) is 0 Å². The molecule has 0 saturated carbocycles. The smallest absolute Gasteiger partial charge is 0.0709 e. The van der Waals surface area contributed by atoms with Gasteiger partial charge in [0.15, 0.2) is 0 Å². The van der Waals surface area contributed by atoms with Gasteiger partial charge in [-0.1, -0.05) is 11.6 Å². The first-order valence-electron chi connectivity index (χ1n) is 6.03. The van der Waals surface area contributed by atoms with Crippen molar-refractivity contribution in [2.24, 2.45) is 0 Å². The van der Waals surface area contributed by atoms with E-state index in [0.29, 0.717) is 5.88 Å². The molecule has 94 valence electrons. The van der Waals surface area contributed by atoms with Gasteiger partial charge in [0.2, 0.25) is 0 Å². The highest BCUT2D eigenvalue weighted by Crippen LogP contribution is 2.30. The van der Waals surface area contributed by atoms with Crippen molar-refractivity contribution in [3.8, 4) is 0 Å². The minimum absolute atomic E-state index is 0.509. The van der Waals surface area contributed by atoms with Crippen LogP contribution in [0, 0.1) is 0 Å². The van der Waals surface area contributed by atoms with Gasteiger partial charge in [0, 0.05) is 41.5 Å². The maximum atomic E-state index is 6.15. The molecule has 1 aromatic heterocycles. The Kier molecular flexibility index (Phi) is 3.18. The molecule has 0 unspecified atom stereocenters. The Labute approximate surface area is 117 Å². The van der Waals surface area contributed by atoms with E-state index in [1.165, 1.54) is 16.8 Å². The molecule has 1 aliphatic heterocycles. The third-order valence-electron chi connectivity index (χ3n) is 3.54. The Morgan fingerprint density at radius 1 is 1.39 bits per heavy atom. The van der Waals surface area contributed by atoms with E-state index in [0.717, 1.165) is 35.4 Å². The van der Waals surface area contributed by atoms with Crippen molar-refractivity contribution >= 4 is 34.1 Å². The van der Waals surface area contributed by atoms with Gasteiger partial charge in [-0.15, -0.1) is 11.6 Å². The number of fused-ring (bicyclic) bond motifs is 2. The normalized spacial score (nSPS) is 15.9. The van der Waals surface area contributed by atoms with Crippen LogP contribution in [0.15, 0.2) is 18.2 Å². The zero-order valence-electron chi connectivity index (χ0n) is 10.2. The van der Waals surface area contributed by atoms with Crippen molar-refractivity contribution in [3.63, 3.8) is 0 Å². The van der Waals surface area contributed by atoms with Crippen molar-refractivity contribution in [1.82, 2.24) is 9.88 Å². The summed E-state index contributed by atoms with van der Waals surface area (Å²) in [6.07, 6.45) is 0.994. The van der Waals surface area contributed by atoms with Crippen molar-refractivity contribution in [2.75, 3.05) is 13.6 Å². The molecule has 4 heteroatoms.